The van der Waals surface area contributed by atoms with E-state index in [2.05, 4.69) is 57.4 Å². The summed E-state index contributed by atoms with van der Waals surface area (Å²) in [4.78, 5) is 0. The highest BCUT2D eigenvalue weighted by molar-refractivity contribution is 5.24. The Labute approximate surface area is 93.9 Å². The van der Waals surface area contributed by atoms with Crippen molar-refractivity contribution in [3.05, 3.63) is 35.4 Å². The normalized spacial score (nSPS) is 13.1. The van der Waals surface area contributed by atoms with Gasteiger partial charge in [-0.05, 0) is 25.5 Å². The van der Waals surface area contributed by atoms with Crippen LogP contribution in [0.4, 0.5) is 0 Å². The van der Waals surface area contributed by atoms with Crippen LogP contribution in [-0.2, 0) is 0 Å². The van der Waals surface area contributed by atoms with Crippen molar-refractivity contribution in [1.29, 1.82) is 0 Å². The topological polar surface area (TPSA) is 12.0 Å². The second-order valence-corrected chi connectivity index (χ2v) is 4.25. The van der Waals surface area contributed by atoms with Crippen LogP contribution in [0.15, 0.2) is 24.3 Å². The molecule has 15 heavy (non-hydrogen) atoms. The van der Waals surface area contributed by atoms with Crippen molar-refractivity contribution < 1.29 is 0 Å². The molecular formula is C14H23N. The van der Waals surface area contributed by atoms with Crippen LogP contribution in [-0.4, -0.2) is 7.05 Å². The summed E-state index contributed by atoms with van der Waals surface area (Å²) in [5.41, 5.74) is 2.75. The van der Waals surface area contributed by atoms with Gasteiger partial charge in [0.15, 0.2) is 0 Å². The quantitative estimate of drug-likeness (QED) is 0.773. The Balaban J connectivity index is 2.86. The summed E-state index contributed by atoms with van der Waals surface area (Å²) >= 11 is 0. The van der Waals surface area contributed by atoms with E-state index in [-0.39, 0.29) is 0 Å². The SMILES string of the molecule is CCC(CC)C(NC)c1ccc(C)cc1. The summed E-state index contributed by atoms with van der Waals surface area (Å²) in [5, 5.41) is 3.44. The van der Waals surface area contributed by atoms with Gasteiger partial charge in [-0.15, -0.1) is 0 Å². The highest BCUT2D eigenvalue weighted by Crippen LogP contribution is 2.26. The summed E-state index contributed by atoms with van der Waals surface area (Å²) in [6, 6.07) is 9.38. The number of benzene rings is 1. The van der Waals surface area contributed by atoms with E-state index in [1.807, 2.05) is 0 Å². The number of hydrogen-bond donors (Lipinski definition) is 1. The Kier molecular flexibility index (Phi) is 4.83. The van der Waals surface area contributed by atoms with Gasteiger partial charge in [-0.1, -0.05) is 56.5 Å². The zero-order valence-corrected chi connectivity index (χ0v) is 10.4. The largest absolute Gasteiger partial charge is 0.313 e. The maximum atomic E-state index is 3.44. The van der Waals surface area contributed by atoms with Crippen LogP contribution in [0.3, 0.4) is 0 Å². The van der Waals surface area contributed by atoms with Crippen LogP contribution in [0, 0.1) is 12.8 Å². The zero-order chi connectivity index (χ0) is 11.3. The maximum absolute atomic E-state index is 3.44. The standard InChI is InChI=1S/C14H23N/c1-5-12(6-2)14(15-4)13-9-7-11(3)8-10-13/h7-10,12,14-15H,5-6H2,1-4H3. The molecule has 0 amide bonds. The third-order valence-corrected chi connectivity index (χ3v) is 3.27. The number of hydrogen-bond acceptors (Lipinski definition) is 1. The Bertz CT molecular complexity index is 272. The minimum Gasteiger partial charge on any atom is -0.313 e. The predicted molar refractivity (Wildman–Crippen MR) is 67.1 cm³/mol. The minimum absolute atomic E-state index is 0.501. The molecule has 1 nitrogen and oxygen atoms in total. The minimum atomic E-state index is 0.501. The van der Waals surface area contributed by atoms with Crippen LogP contribution >= 0.6 is 0 Å². The fraction of sp³-hybridized carbons (Fsp3) is 0.571. The molecule has 0 aromatic heterocycles. The first kappa shape index (κ1) is 12.3. The predicted octanol–water partition coefficient (Wildman–Crippen LogP) is 3.69. The van der Waals surface area contributed by atoms with Crippen LogP contribution in [0.25, 0.3) is 0 Å². The summed E-state index contributed by atoms with van der Waals surface area (Å²) in [5.74, 6) is 0.734. The van der Waals surface area contributed by atoms with Gasteiger partial charge in [0.2, 0.25) is 0 Å². The Morgan fingerprint density at radius 3 is 2.00 bits per heavy atom. The van der Waals surface area contributed by atoms with Gasteiger partial charge in [-0.3, -0.25) is 0 Å². The van der Waals surface area contributed by atoms with Gasteiger partial charge < -0.3 is 5.32 Å². The third-order valence-electron chi connectivity index (χ3n) is 3.27. The van der Waals surface area contributed by atoms with Crippen molar-refractivity contribution in [1.82, 2.24) is 5.32 Å². The van der Waals surface area contributed by atoms with Crippen LogP contribution in [0.1, 0.15) is 43.9 Å². The average molecular weight is 205 g/mol. The second kappa shape index (κ2) is 5.92. The Hall–Kier alpha value is -0.820. The summed E-state index contributed by atoms with van der Waals surface area (Å²) < 4.78 is 0. The molecule has 0 fully saturated rings. The van der Waals surface area contributed by atoms with E-state index in [0.29, 0.717) is 6.04 Å². The first-order chi connectivity index (χ1) is 7.22. The van der Waals surface area contributed by atoms with Gasteiger partial charge in [-0.2, -0.15) is 0 Å². The van der Waals surface area contributed by atoms with Crippen molar-refractivity contribution in [3.63, 3.8) is 0 Å². The third kappa shape index (κ3) is 3.07. The molecule has 0 aliphatic heterocycles. The van der Waals surface area contributed by atoms with E-state index >= 15 is 0 Å². The van der Waals surface area contributed by atoms with E-state index in [1.54, 1.807) is 0 Å². The molecule has 0 spiro atoms. The van der Waals surface area contributed by atoms with Crippen LogP contribution < -0.4 is 5.32 Å². The molecule has 1 N–H and O–H groups in total. The van der Waals surface area contributed by atoms with Crippen LogP contribution in [0.2, 0.25) is 0 Å². The number of aryl methyl sites for hydroxylation is 1. The highest BCUT2D eigenvalue weighted by atomic mass is 14.9. The molecule has 1 heteroatoms. The number of nitrogens with one attached hydrogen (secondary N) is 1. The van der Waals surface area contributed by atoms with Crippen molar-refractivity contribution in [2.45, 2.75) is 39.7 Å². The lowest BCUT2D eigenvalue weighted by molar-refractivity contribution is 0.359. The fourth-order valence-electron chi connectivity index (χ4n) is 2.21. The van der Waals surface area contributed by atoms with Crippen molar-refractivity contribution in [2.75, 3.05) is 7.05 Å². The molecule has 1 aromatic rings. The first-order valence-electron chi connectivity index (χ1n) is 5.96. The van der Waals surface area contributed by atoms with Gasteiger partial charge in [0.25, 0.3) is 0 Å². The molecule has 0 radical (unpaired) electrons. The van der Waals surface area contributed by atoms with Gasteiger partial charge in [-0.25, -0.2) is 0 Å². The molecule has 1 aromatic carbocycles. The number of rotatable bonds is 5. The van der Waals surface area contributed by atoms with Crippen molar-refractivity contribution >= 4 is 0 Å². The fourth-order valence-corrected chi connectivity index (χ4v) is 2.21. The molecule has 84 valence electrons. The molecular weight excluding hydrogens is 182 g/mol. The summed E-state index contributed by atoms with van der Waals surface area (Å²) in [6.07, 6.45) is 2.46. The highest BCUT2D eigenvalue weighted by Gasteiger charge is 2.17. The smallest absolute Gasteiger partial charge is 0.0345 e. The Morgan fingerprint density at radius 2 is 1.60 bits per heavy atom. The maximum Gasteiger partial charge on any atom is 0.0345 e. The van der Waals surface area contributed by atoms with Gasteiger partial charge in [0.1, 0.15) is 0 Å². The van der Waals surface area contributed by atoms with Crippen molar-refractivity contribution in [2.24, 2.45) is 5.92 Å². The molecule has 1 atom stereocenters. The van der Waals surface area contributed by atoms with Crippen molar-refractivity contribution in [3.8, 4) is 0 Å². The molecule has 1 unspecified atom stereocenters. The van der Waals surface area contributed by atoms with E-state index in [9.17, 15) is 0 Å². The lowest BCUT2D eigenvalue weighted by Crippen LogP contribution is -2.24. The first-order valence-corrected chi connectivity index (χ1v) is 5.96. The lowest BCUT2D eigenvalue weighted by atomic mass is 9.89. The Morgan fingerprint density at radius 1 is 1.07 bits per heavy atom. The van der Waals surface area contributed by atoms with E-state index in [0.717, 1.165) is 5.92 Å². The van der Waals surface area contributed by atoms with E-state index in [4.69, 9.17) is 0 Å². The molecule has 0 bridgehead atoms. The van der Waals surface area contributed by atoms with Crippen LogP contribution in [0.5, 0.6) is 0 Å². The summed E-state index contributed by atoms with van der Waals surface area (Å²) in [7, 11) is 2.06. The summed E-state index contributed by atoms with van der Waals surface area (Å²) in [6.45, 7) is 6.68. The monoisotopic (exact) mass is 205 g/mol. The molecule has 0 aliphatic rings. The molecule has 1 rings (SSSR count). The second-order valence-electron chi connectivity index (χ2n) is 4.25. The molecule has 0 saturated heterocycles. The average Bonchev–Trinajstić information content (AvgIpc) is 2.27. The van der Waals surface area contributed by atoms with Gasteiger partial charge >= 0.3 is 0 Å². The lowest BCUT2D eigenvalue weighted by Gasteiger charge is -2.25. The van der Waals surface area contributed by atoms with E-state index < -0.39 is 0 Å². The molecule has 0 saturated carbocycles. The van der Waals surface area contributed by atoms with Gasteiger partial charge in [0.05, 0.1) is 0 Å². The zero-order valence-electron chi connectivity index (χ0n) is 10.4. The molecule has 0 aliphatic carbocycles. The molecule has 0 heterocycles. The van der Waals surface area contributed by atoms with Gasteiger partial charge in [0, 0.05) is 6.04 Å². The van der Waals surface area contributed by atoms with E-state index in [1.165, 1.54) is 24.0 Å².